The number of rotatable bonds is 8. The molecule has 2 heterocycles. The van der Waals surface area contributed by atoms with Crippen molar-refractivity contribution >= 4 is 52.6 Å². The summed E-state index contributed by atoms with van der Waals surface area (Å²) in [6.45, 7) is 0.851. The van der Waals surface area contributed by atoms with E-state index >= 15 is 0 Å². The van der Waals surface area contributed by atoms with Gasteiger partial charge >= 0.3 is 18.1 Å². The van der Waals surface area contributed by atoms with Gasteiger partial charge in [-0.25, -0.2) is 4.79 Å². The molecule has 51 heavy (non-hydrogen) atoms. The summed E-state index contributed by atoms with van der Waals surface area (Å²) in [7, 11) is 0. The summed E-state index contributed by atoms with van der Waals surface area (Å²) >= 11 is 1.36. The summed E-state index contributed by atoms with van der Waals surface area (Å²) in [5, 5.41) is 16.2. The van der Waals surface area contributed by atoms with Gasteiger partial charge in [0.25, 0.3) is 17.7 Å². The predicted octanol–water partition coefficient (Wildman–Crippen LogP) is 3.57. The van der Waals surface area contributed by atoms with Crippen LogP contribution < -0.4 is 22.1 Å². The van der Waals surface area contributed by atoms with Crippen LogP contribution >= 0.6 is 11.3 Å². The highest BCUT2D eigenvalue weighted by Gasteiger charge is 2.38. The van der Waals surface area contributed by atoms with Gasteiger partial charge in [-0.3, -0.25) is 28.9 Å². The third-order valence-electron chi connectivity index (χ3n) is 7.98. The summed E-state index contributed by atoms with van der Waals surface area (Å²) in [4.78, 5) is 73.1. The molecule has 2 aromatic carbocycles. The molecule has 274 valence electrons. The lowest BCUT2D eigenvalue weighted by molar-refractivity contribution is -0.192. The Morgan fingerprint density at radius 1 is 0.922 bits per heavy atom. The van der Waals surface area contributed by atoms with E-state index in [9.17, 15) is 37.1 Å². The molecule has 1 aliphatic carbocycles. The molecule has 0 bridgehead atoms. The summed E-state index contributed by atoms with van der Waals surface area (Å²) in [5.74, 6) is -5.59. The Balaban J connectivity index is 0.000000234. The Hall–Kier alpha value is -5.29. The number of hydrogen-bond acceptors (Lipinski definition) is 8. The predicted molar refractivity (Wildman–Crippen MR) is 181 cm³/mol. The maximum Gasteiger partial charge on any atom is 0.490 e. The number of carboxylic acid groups (broad SMARTS) is 2. The number of carbonyl (C=O) groups is 6. The molecule has 1 atom stereocenters. The number of aryl methyl sites for hydroxylation is 1. The molecule has 3 aromatic rings. The third kappa shape index (κ3) is 11.1. The lowest BCUT2D eigenvalue weighted by Gasteiger charge is -2.31. The number of hydrogen-bond donors (Lipinski definition) is 5. The SMILES string of the molecule is NC(=O)c1sc2c(c1C(=O)N1CCCC(C(N)=O)C1)CCCC2.NCc1cccc(C(=O)N(CC(=O)O)c2ccccc2)c1.O=C(O)C(F)(F)F. The highest BCUT2D eigenvalue weighted by molar-refractivity contribution is 7.14. The first-order valence-corrected chi connectivity index (χ1v) is 16.6. The number of carbonyl (C=O) groups excluding carboxylic acids is 4. The zero-order valence-electron chi connectivity index (χ0n) is 27.4. The van der Waals surface area contributed by atoms with Gasteiger partial charge in [-0.15, -0.1) is 11.3 Å². The van der Waals surface area contributed by atoms with E-state index in [4.69, 9.17) is 32.2 Å². The zero-order chi connectivity index (χ0) is 37.9. The number of nitrogens with two attached hydrogens (primary N) is 3. The number of halogens is 3. The van der Waals surface area contributed by atoms with E-state index in [2.05, 4.69) is 0 Å². The van der Waals surface area contributed by atoms with Crippen LogP contribution in [0, 0.1) is 5.92 Å². The van der Waals surface area contributed by atoms with Gasteiger partial charge < -0.3 is 32.3 Å². The number of piperidine rings is 1. The molecule has 1 fully saturated rings. The normalized spacial score (nSPS) is 15.1. The number of para-hydroxylation sites is 1. The fourth-order valence-electron chi connectivity index (χ4n) is 5.53. The fourth-order valence-corrected chi connectivity index (χ4v) is 6.76. The topological polar surface area (TPSA) is 227 Å². The van der Waals surface area contributed by atoms with E-state index in [-0.39, 0.29) is 23.6 Å². The van der Waals surface area contributed by atoms with Crippen molar-refractivity contribution in [3.8, 4) is 0 Å². The molecule has 13 nitrogen and oxygen atoms in total. The molecule has 1 aromatic heterocycles. The minimum absolute atomic E-state index is 0.177. The monoisotopic (exact) mass is 733 g/mol. The highest BCUT2D eigenvalue weighted by Crippen LogP contribution is 2.35. The number of fused-ring (bicyclic) bond motifs is 1. The van der Waals surface area contributed by atoms with Crippen LogP contribution in [0.5, 0.6) is 0 Å². The van der Waals surface area contributed by atoms with Crippen LogP contribution in [0.25, 0.3) is 0 Å². The van der Waals surface area contributed by atoms with Gasteiger partial charge in [0.1, 0.15) is 11.4 Å². The van der Waals surface area contributed by atoms with Crippen molar-refractivity contribution in [1.82, 2.24) is 4.90 Å². The molecule has 0 radical (unpaired) electrons. The van der Waals surface area contributed by atoms with E-state index in [0.717, 1.165) is 48.1 Å². The second-order valence-corrected chi connectivity index (χ2v) is 12.7. The number of benzene rings is 2. The van der Waals surface area contributed by atoms with Crippen molar-refractivity contribution in [2.24, 2.45) is 23.1 Å². The lowest BCUT2D eigenvalue weighted by atomic mass is 9.92. The summed E-state index contributed by atoms with van der Waals surface area (Å²) < 4.78 is 31.7. The summed E-state index contributed by atoms with van der Waals surface area (Å²) in [6, 6.07) is 15.6. The van der Waals surface area contributed by atoms with Crippen molar-refractivity contribution < 1.29 is 52.2 Å². The zero-order valence-corrected chi connectivity index (χ0v) is 28.2. The Morgan fingerprint density at radius 3 is 2.14 bits per heavy atom. The third-order valence-corrected chi connectivity index (χ3v) is 9.28. The molecule has 2 aliphatic rings. The van der Waals surface area contributed by atoms with Crippen LogP contribution in [0.3, 0.4) is 0 Å². The average molecular weight is 734 g/mol. The van der Waals surface area contributed by atoms with Crippen LogP contribution in [0.4, 0.5) is 18.9 Å². The van der Waals surface area contributed by atoms with Crippen LogP contribution in [0.2, 0.25) is 0 Å². The molecule has 5 rings (SSSR count). The average Bonchev–Trinajstić information content (AvgIpc) is 3.51. The van der Waals surface area contributed by atoms with E-state index < -0.39 is 30.6 Å². The van der Waals surface area contributed by atoms with Crippen LogP contribution in [0.1, 0.15) is 72.1 Å². The van der Waals surface area contributed by atoms with E-state index in [1.807, 2.05) is 12.1 Å². The fraction of sp³-hybridized carbons (Fsp3) is 0.353. The first-order chi connectivity index (χ1) is 24.0. The number of nitrogens with zero attached hydrogens (tertiary/aromatic N) is 2. The first-order valence-electron chi connectivity index (χ1n) is 15.8. The second kappa shape index (κ2) is 18.1. The van der Waals surface area contributed by atoms with Gasteiger partial charge in [0.05, 0.1) is 11.5 Å². The summed E-state index contributed by atoms with van der Waals surface area (Å²) in [5.41, 5.74) is 19.7. The van der Waals surface area contributed by atoms with Crippen molar-refractivity contribution in [2.75, 3.05) is 24.5 Å². The van der Waals surface area contributed by atoms with E-state index in [0.29, 0.717) is 47.7 Å². The van der Waals surface area contributed by atoms with Crippen molar-refractivity contribution in [2.45, 2.75) is 51.2 Å². The number of primary amides is 2. The van der Waals surface area contributed by atoms with Gasteiger partial charge in [0.2, 0.25) is 5.91 Å². The maximum absolute atomic E-state index is 13.0. The van der Waals surface area contributed by atoms with Crippen LogP contribution in [-0.2, 0) is 33.8 Å². The van der Waals surface area contributed by atoms with Gasteiger partial charge in [-0.2, -0.15) is 13.2 Å². The molecular weight excluding hydrogens is 695 g/mol. The van der Waals surface area contributed by atoms with E-state index in [1.54, 1.807) is 47.4 Å². The van der Waals surface area contributed by atoms with Gasteiger partial charge in [-0.1, -0.05) is 30.3 Å². The Bertz CT molecular complexity index is 1750. The molecule has 1 unspecified atom stereocenters. The molecule has 4 amide bonds. The van der Waals surface area contributed by atoms with Crippen molar-refractivity contribution in [3.05, 3.63) is 86.6 Å². The Kier molecular flexibility index (Phi) is 14.2. The Labute approximate surface area is 294 Å². The smallest absolute Gasteiger partial charge is 0.480 e. The molecule has 1 aliphatic heterocycles. The molecule has 1 saturated heterocycles. The van der Waals surface area contributed by atoms with Gasteiger partial charge in [0.15, 0.2) is 0 Å². The maximum atomic E-state index is 13.0. The number of aliphatic carboxylic acids is 2. The van der Waals surface area contributed by atoms with Crippen LogP contribution in [0.15, 0.2) is 54.6 Å². The minimum atomic E-state index is -5.08. The van der Waals surface area contributed by atoms with Gasteiger partial charge in [-0.05, 0) is 73.9 Å². The number of anilines is 1. The molecule has 17 heteroatoms. The summed E-state index contributed by atoms with van der Waals surface area (Å²) in [6.07, 6.45) is 0.185. The molecule has 0 saturated carbocycles. The number of likely N-dealkylation sites (tertiary alicyclic amines) is 1. The van der Waals surface area contributed by atoms with Crippen molar-refractivity contribution in [3.63, 3.8) is 0 Å². The number of carboxylic acids is 2. The van der Waals surface area contributed by atoms with Gasteiger partial charge in [0, 0.05) is 35.8 Å². The Morgan fingerprint density at radius 2 is 1.57 bits per heavy atom. The van der Waals surface area contributed by atoms with Crippen molar-refractivity contribution in [1.29, 1.82) is 0 Å². The molecule has 8 N–H and O–H groups in total. The molecular formula is C34H38F3N5O8S. The largest absolute Gasteiger partial charge is 0.490 e. The standard InChI is InChI=1S/C16H21N3O3S.C16H16N2O3.C2HF3O2/c17-14(20)9-4-3-7-19(8-9)16(22)12-10-5-1-2-6-11(10)23-13(12)15(18)21;17-10-12-5-4-6-13(9-12)16(21)18(11-15(19)20)14-7-2-1-3-8-14;3-2(4,5)1(6)7/h9H,1-8H2,(H2,17,20)(H2,18,21);1-9H,10-11,17H2,(H,19,20);(H,6,7). The number of alkyl halides is 3. The number of thiophene rings is 1. The highest BCUT2D eigenvalue weighted by atomic mass is 32.1. The first kappa shape index (κ1) is 40.1. The van der Waals surface area contributed by atoms with E-state index in [1.165, 1.54) is 16.2 Å². The number of amides is 4. The minimum Gasteiger partial charge on any atom is -0.480 e. The molecule has 0 spiro atoms. The second-order valence-electron chi connectivity index (χ2n) is 11.6. The quantitative estimate of drug-likeness (QED) is 0.228. The van der Waals surface area contributed by atoms with Crippen LogP contribution in [-0.4, -0.2) is 76.5 Å². The lowest BCUT2D eigenvalue weighted by Crippen LogP contribution is -2.44.